The minimum Gasteiger partial charge on any atom is -0.497 e. The highest BCUT2D eigenvalue weighted by molar-refractivity contribution is 5.50. The van der Waals surface area contributed by atoms with Gasteiger partial charge in [-0.15, -0.1) is 0 Å². The summed E-state index contributed by atoms with van der Waals surface area (Å²) in [5, 5.41) is 3.45. The highest BCUT2D eigenvalue weighted by atomic mass is 16.5. The summed E-state index contributed by atoms with van der Waals surface area (Å²) < 4.78 is 5.23. The Morgan fingerprint density at radius 2 is 2.35 bits per heavy atom. The zero-order valence-electron chi connectivity index (χ0n) is 10.5. The Morgan fingerprint density at radius 3 is 3.06 bits per heavy atom. The lowest BCUT2D eigenvalue weighted by molar-refractivity contribution is 0.358. The summed E-state index contributed by atoms with van der Waals surface area (Å²) in [6, 6.07) is 5.92. The summed E-state index contributed by atoms with van der Waals surface area (Å²) >= 11 is 0. The van der Waals surface area contributed by atoms with Gasteiger partial charge in [0.05, 0.1) is 7.11 Å². The second-order valence-electron chi connectivity index (χ2n) is 4.82. The summed E-state index contributed by atoms with van der Waals surface area (Å²) in [6.07, 6.45) is 4.91. The lowest BCUT2D eigenvalue weighted by Gasteiger charge is -2.22. The second kappa shape index (κ2) is 5.92. The number of ether oxygens (including phenoxy) is 1. The molecule has 0 aliphatic carbocycles. The third-order valence-electron chi connectivity index (χ3n) is 3.57. The molecule has 3 N–H and O–H groups in total. The molecule has 1 heterocycles. The average molecular weight is 234 g/mol. The molecule has 17 heavy (non-hydrogen) atoms. The van der Waals surface area contributed by atoms with Crippen LogP contribution in [0.2, 0.25) is 0 Å². The molecule has 1 fully saturated rings. The Morgan fingerprint density at radius 1 is 1.47 bits per heavy atom. The molecule has 1 unspecified atom stereocenters. The largest absolute Gasteiger partial charge is 0.497 e. The zero-order valence-corrected chi connectivity index (χ0v) is 10.5. The number of benzene rings is 1. The minimum absolute atomic E-state index is 0.800. The van der Waals surface area contributed by atoms with Crippen molar-refractivity contribution in [3.05, 3.63) is 23.8 Å². The van der Waals surface area contributed by atoms with E-state index < -0.39 is 0 Å². The Hall–Kier alpha value is -1.22. The predicted octanol–water partition coefficient (Wildman–Crippen LogP) is 2.21. The third kappa shape index (κ3) is 3.37. The number of hydrogen-bond acceptors (Lipinski definition) is 3. The van der Waals surface area contributed by atoms with Gasteiger partial charge in [-0.05, 0) is 68.5 Å². The van der Waals surface area contributed by atoms with Crippen molar-refractivity contribution in [3.8, 4) is 5.75 Å². The van der Waals surface area contributed by atoms with E-state index in [1.165, 1.54) is 31.4 Å². The maximum absolute atomic E-state index is 5.99. The molecule has 0 radical (unpaired) electrons. The molecule has 0 bridgehead atoms. The fourth-order valence-electron chi connectivity index (χ4n) is 2.46. The summed E-state index contributed by atoms with van der Waals surface area (Å²) in [6.45, 7) is 2.33. The molecule has 0 amide bonds. The number of piperidine rings is 1. The normalized spacial score (nSPS) is 20.2. The minimum atomic E-state index is 0.800. The summed E-state index contributed by atoms with van der Waals surface area (Å²) in [4.78, 5) is 0. The smallest absolute Gasteiger partial charge is 0.119 e. The number of nitrogens with two attached hydrogens (primary N) is 1. The van der Waals surface area contributed by atoms with Crippen LogP contribution in [0.4, 0.5) is 5.69 Å². The van der Waals surface area contributed by atoms with Gasteiger partial charge in [0.25, 0.3) is 0 Å². The Bertz CT molecular complexity index is 359. The highest BCUT2D eigenvalue weighted by Crippen LogP contribution is 2.23. The van der Waals surface area contributed by atoms with Gasteiger partial charge in [0.2, 0.25) is 0 Å². The first-order valence-electron chi connectivity index (χ1n) is 6.42. The van der Waals surface area contributed by atoms with Gasteiger partial charge in [0.1, 0.15) is 5.75 Å². The van der Waals surface area contributed by atoms with Crippen LogP contribution in [0, 0.1) is 5.92 Å². The van der Waals surface area contributed by atoms with Crippen molar-refractivity contribution >= 4 is 5.69 Å². The molecule has 1 aliphatic heterocycles. The van der Waals surface area contributed by atoms with Crippen LogP contribution >= 0.6 is 0 Å². The van der Waals surface area contributed by atoms with E-state index in [-0.39, 0.29) is 0 Å². The van der Waals surface area contributed by atoms with Crippen molar-refractivity contribution in [1.82, 2.24) is 5.32 Å². The first-order valence-corrected chi connectivity index (χ1v) is 6.42. The van der Waals surface area contributed by atoms with Crippen LogP contribution in [0.3, 0.4) is 0 Å². The molecule has 1 saturated heterocycles. The van der Waals surface area contributed by atoms with Crippen LogP contribution in [0.25, 0.3) is 0 Å². The quantitative estimate of drug-likeness (QED) is 0.785. The first-order chi connectivity index (χ1) is 8.29. The van der Waals surface area contributed by atoms with Gasteiger partial charge < -0.3 is 15.8 Å². The summed E-state index contributed by atoms with van der Waals surface area (Å²) in [7, 11) is 1.69. The van der Waals surface area contributed by atoms with Crippen molar-refractivity contribution in [2.24, 2.45) is 5.92 Å². The molecule has 1 aliphatic rings. The maximum atomic E-state index is 5.99. The van der Waals surface area contributed by atoms with E-state index >= 15 is 0 Å². The topological polar surface area (TPSA) is 47.3 Å². The van der Waals surface area contributed by atoms with Crippen LogP contribution in [0.15, 0.2) is 18.2 Å². The standard InChI is InChI=1S/C14H22N2O/c1-17-13-6-7-14(15)12(9-13)5-4-11-3-2-8-16-10-11/h6-7,9,11,16H,2-5,8,10,15H2,1H3. The van der Waals surface area contributed by atoms with E-state index in [4.69, 9.17) is 10.5 Å². The van der Waals surface area contributed by atoms with Crippen LogP contribution in [0.1, 0.15) is 24.8 Å². The highest BCUT2D eigenvalue weighted by Gasteiger charge is 2.13. The molecule has 2 rings (SSSR count). The van der Waals surface area contributed by atoms with Gasteiger partial charge in [-0.3, -0.25) is 0 Å². The van der Waals surface area contributed by atoms with Crippen molar-refractivity contribution in [2.45, 2.75) is 25.7 Å². The van der Waals surface area contributed by atoms with Crippen LogP contribution in [-0.4, -0.2) is 20.2 Å². The van der Waals surface area contributed by atoms with E-state index in [0.29, 0.717) is 0 Å². The molecular formula is C14H22N2O. The Kier molecular flexibility index (Phi) is 4.26. The third-order valence-corrected chi connectivity index (χ3v) is 3.57. The van der Waals surface area contributed by atoms with Gasteiger partial charge in [-0.2, -0.15) is 0 Å². The molecule has 1 atom stereocenters. The molecule has 3 nitrogen and oxygen atoms in total. The average Bonchev–Trinajstić information content (AvgIpc) is 2.39. The van der Waals surface area contributed by atoms with Gasteiger partial charge in [-0.25, -0.2) is 0 Å². The van der Waals surface area contributed by atoms with E-state index in [0.717, 1.165) is 30.3 Å². The van der Waals surface area contributed by atoms with E-state index in [1.807, 2.05) is 12.1 Å². The van der Waals surface area contributed by atoms with Crippen LogP contribution in [-0.2, 0) is 6.42 Å². The molecule has 0 aromatic heterocycles. The second-order valence-corrected chi connectivity index (χ2v) is 4.82. The number of rotatable bonds is 4. The van der Waals surface area contributed by atoms with Gasteiger partial charge in [-0.1, -0.05) is 0 Å². The van der Waals surface area contributed by atoms with Crippen molar-refractivity contribution in [3.63, 3.8) is 0 Å². The molecule has 94 valence electrons. The summed E-state index contributed by atoms with van der Waals surface area (Å²) in [5.74, 6) is 1.70. The monoisotopic (exact) mass is 234 g/mol. The first kappa shape index (κ1) is 12.2. The molecule has 3 heteroatoms. The number of nitrogens with one attached hydrogen (secondary N) is 1. The lowest BCUT2D eigenvalue weighted by atomic mass is 9.92. The van der Waals surface area contributed by atoms with Crippen LogP contribution in [0.5, 0.6) is 5.75 Å². The molecular weight excluding hydrogens is 212 g/mol. The Labute approximate surface area is 103 Å². The van der Waals surface area contributed by atoms with Crippen molar-refractivity contribution in [1.29, 1.82) is 0 Å². The number of hydrogen-bond donors (Lipinski definition) is 2. The molecule has 1 aromatic rings. The summed E-state index contributed by atoms with van der Waals surface area (Å²) in [5.41, 5.74) is 8.09. The maximum Gasteiger partial charge on any atom is 0.119 e. The van der Waals surface area contributed by atoms with E-state index in [1.54, 1.807) is 7.11 Å². The van der Waals surface area contributed by atoms with E-state index in [2.05, 4.69) is 11.4 Å². The van der Waals surface area contributed by atoms with Gasteiger partial charge in [0.15, 0.2) is 0 Å². The zero-order chi connectivity index (χ0) is 12.1. The SMILES string of the molecule is COc1ccc(N)c(CCC2CCCNC2)c1. The molecule has 0 spiro atoms. The van der Waals surface area contributed by atoms with Crippen molar-refractivity contribution in [2.75, 3.05) is 25.9 Å². The molecule has 1 aromatic carbocycles. The lowest BCUT2D eigenvalue weighted by Crippen LogP contribution is -2.29. The number of anilines is 1. The van der Waals surface area contributed by atoms with Crippen LogP contribution < -0.4 is 15.8 Å². The number of methoxy groups -OCH3 is 1. The number of nitrogen functional groups attached to an aromatic ring is 1. The Balaban J connectivity index is 1.92. The fourth-order valence-corrected chi connectivity index (χ4v) is 2.46. The fraction of sp³-hybridized carbons (Fsp3) is 0.571. The van der Waals surface area contributed by atoms with Gasteiger partial charge in [0, 0.05) is 5.69 Å². The van der Waals surface area contributed by atoms with Gasteiger partial charge >= 0.3 is 0 Å². The number of aryl methyl sites for hydroxylation is 1. The molecule has 0 saturated carbocycles. The predicted molar refractivity (Wildman–Crippen MR) is 71.3 cm³/mol. The van der Waals surface area contributed by atoms with Crippen molar-refractivity contribution < 1.29 is 4.74 Å². The van der Waals surface area contributed by atoms with E-state index in [9.17, 15) is 0 Å².